The number of rotatable bonds is 3. The summed E-state index contributed by atoms with van der Waals surface area (Å²) in [6.07, 6.45) is 4.99. The largest absolute Gasteiger partial charge is 0.366 e. The molecule has 3 heterocycles. The zero-order valence-corrected chi connectivity index (χ0v) is 13.1. The molecule has 0 bridgehead atoms. The summed E-state index contributed by atoms with van der Waals surface area (Å²) in [5.74, 6) is -0.833. The van der Waals surface area contributed by atoms with E-state index >= 15 is 0 Å². The van der Waals surface area contributed by atoms with Crippen molar-refractivity contribution in [2.45, 2.75) is 0 Å². The van der Waals surface area contributed by atoms with Crippen LogP contribution in [0, 0.1) is 5.82 Å². The molecule has 0 atom stereocenters. The van der Waals surface area contributed by atoms with Crippen LogP contribution in [0.5, 0.6) is 0 Å². The van der Waals surface area contributed by atoms with Gasteiger partial charge in [0.05, 0.1) is 11.1 Å². The molecular weight excluding hydrogens is 319 g/mol. The number of primary amides is 1. The monoisotopic (exact) mass is 332 g/mol. The third kappa shape index (κ3) is 2.63. The Morgan fingerprint density at radius 2 is 1.68 bits per heavy atom. The normalized spacial score (nSPS) is 10.9. The highest BCUT2D eigenvalue weighted by atomic mass is 19.1. The van der Waals surface area contributed by atoms with Crippen LogP contribution in [-0.2, 0) is 0 Å². The number of pyridine rings is 2. The molecule has 1 aromatic carbocycles. The van der Waals surface area contributed by atoms with Crippen molar-refractivity contribution in [1.29, 1.82) is 0 Å². The fourth-order valence-electron chi connectivity index (χ4n) is 2.81. The van der Waals surface area contributed by atoms with Crippen molar-refractivity contribution in [3.8, 4) is 22.4 Å². The smallest absolute Gasteiger partial charge is 0.250 e. The van der Waals surface area contributed by atoms with E-state index in [2.05, 4.69) is 10.1 Å². The topological polar surface area (TPSA) is 73.3 Å². The van der Waals surface area contributed by atoms with Crippen LogP contribution in [0.1, 0.15) is 10.4 Å². The van der Waals surface area contributed by atoms with E-state index in [-0.39, 0.29) is 5.82 Å². The lowest BCUT2D eigenvalue weighted by molar-refractivity contribution is 0.1000. The third-order valence-corrected chi connectivity index (χ3v) is 4.00. The Morgan fingerprint density at radius 3 is 2.36 bits per heavy atom. The third-order valence-electron chi connectivity index (χ3n) is 4.00. The number of fused-ring (bicyclic) bond motifs is 1. The summed E-state index contributed by atoms with van der Waals surface area (Å²) in [5.41, 5.74) is 9.81. The zero-order valence-electron chi connectivity index (χ0n) is 13.1. The minimum Gasteiger partial charge on any atom is -0.366 e. The maximum Gasteiger partial charge on any atom is 0.250 e. The maximum atomic E-state index is 13.3. The number of halogens is 1. The molecule has 0 aliphatic heterocycles. The maximum absolute atomic E-state index is 13.3. The van der Waals surface area contributed by atoms with Gasteiger partial charge in [0.1, 0.15) is 11.5 Å². The summed E-state index contributed by atoms with van der Waals surface area (Å²) >= 11 is 0. The summed E-state index contributed by atoms with van der Waals surface area (Å²) < 4.78 is 14.9. The summed E-state index contributed by atoms with van der Waals surface area (Å²) in [5, 5.41) is 4.60. The van der Waals surface area contributed by atoms with Crippen LogP contribution in [-0.4, -0.2) is 20.5 Å². The van der Waals surface area contributed by atoms with Crippen LogP contribution >= 0.6 is 0 Å². The Hall–Kier alpha value is -3.54. The molecule has 2 N–H and O–H groups in total. The molecule has 122 valence electrons. The number of nitrogens with zero attached hydrogens (tertiary/aromatic N) is 3. The molecule has 25 heavy (non-hydrogen) atoms. The van der Waals surface area contributed by atoms with Crippen molar-refractivity contribution >= 4 is 11.4 Å². The fraction of sp³-hybridized carbons (Fsp3) is 0. The van der Waals surface area contributed by atoms with Crippen LogP contribution in [0.3, 0.4) is 0 Å². The highest BCUT2D eigenvalue weighted by molar-refractivity contribution is 5.95. The predicted octanol–water partition coefficient (Wildman–Crippen LogP) is 3.30. The molecule has 0 aliphatic rings. The van der Waals surface area contributed by atoms with Gasteiger partial charge in [0.2, 0.25) is 5.91 Å². The van der Waals surface area contributed by atoms with Gasteiger partial charge in [0, 0.05) is 29.7 Å². The number of amides is 1. The Morgan fingerprint density at radius 1 is 0.960 bits per heavy atom. The van der Waals surface area contributed by atoms with Crippen molar-refractivity contribution in [3.63, 3.8) is 0 Å². The second-order valence-corrected chi connectivity index (χ2v) is 5.58. The second kappa shape index (κ2) is 5.83. The first-order valence-electron chi connectivity index (χ1n) is 7.62. The summed E-state index contributed by atoms with van der Waals surface area (Å²) in [7, 11) is 0. The molecular formula is C19H13FN4O. The van der Waals surface area contributed by atoms with Gasteiger partial charge in [-0.2, -0.15) is 5.10 Å². The van der Waals surface area contributed by atoms with Crippen molar-refractivity contribution in [2.75, 3.05) is 0 Å². The molecule has 0 radical (unpaired) electrons. The number of nitrogens with two attached hydrogens (primary N) is 1. The van der Waals surface area contributed by atoms with E-state index in [1.54, 1.807) is 47.4 Å². The average molecular weight is 332 g/mol. The van der Waals surface area contributed by atoms with E-state index in [1.807, 2.05) is 12.1 Å². The van der Waals surface area contributed by atoms with Crippen molar-refractivity contribution in [2.24, 2.45) is 5.73 Å². The van der Waals surface area contributed by atoms with E-state index in [9.17, 15) is 9.18 Å². The lowest BCUT2D eigenvalue weighted by atomic mass is 10.0. The number of hydrogen-bond donors (Lipinski definition) is 1. The molecule has 0 unspecified atom stereocenters. The Balaban J connectivity index is 2.03. The van der Waals surface area contributed by atoms with Crippen LogP contribution in [0.4, 0.5) is 4.39 Å². The zero-order chi connectivity index (χ0) is 17.4. The first-order chi connectivity index (χ1) is 12.1. The number of aromatic nitrogens is 3. The molecule has 0 saturated carbocycles. The highest BCUT2D eigenvalue weighted by Gasteiger charge is 2.17. The molecule has 5 nitrogen and oxygen atoms in total. The standard InChI is InChI=1S/C19H13FN4O/c20-15-4-1-13(2-5-15)18-17(12-7-9-22-10-8-12)16-6-3-14(19(21)25)11-24(16)23-18/h1-11H,(H2,21,25). The quantitative estimate of drug-likeness (QED) is 0.625. The lowest BCUT2D eigenvalue weighted by Gasteiger charge is -2.04. The van der Waals surface area contributed by atoms with Gasteiger partial charge in [0.25, 0.3) is 0 Å². The Bertz CT molecular complexity index is 1070. The highest BCUT2D eigenvalue weighted by Crippen LogP contribution is 2.35. The number of carbonyl (C=O) groups excluding carboxylic acids is 1. The molecule has 0 fully saturated rings. The Kier molecular flexibility index (Phi) is 3.50. The van der Waals surface area contributed by atoms with Crippen LogP contribution in [0.25, 0.3) is 27.9 Å². The first-order valence-corrected chi connectivity index (χ1v) is 7.62. The predicted molar refractivity (Wildman–Crippen MR) is 92.3 cm³/mol. The minimum absolute atomic E-state index is 0.311. The van der Waals surface area contributed by atoms with Crippen molar-refractivity contribution < 1.29 is 9.18 Å². The molecule has 4 aromatic rings. The van der Waals surface area contributed by atoms with Gasteiger partial charge in [0.15, 0.2) is 0 Å². The van der Waals surface area contributed by atoms with E-state index in [1.165, 1.54) is 12.1 Å². The number of carbonyl (C=O) groups is 1. The van der Waals surface area contributed by atoms with Crippen molar-refractivity contribution in [1.82, 2.24) is 14.6 Å². The average Bonchev–Trinajstić information content (AvgIpc) is 3.01. The lowest BCUT2D eigenvalue weighted by Crippen LogP contribution is -2.11. The molecule has 3 aromatic heterocycles. The van der Waals surface area contributed by atoms with Crippen molar-refractivity contribution in [3.05, 3.63) is 78.5 Å². The summed E-state index contributed by atoms with van der Waals surface area (Å²) in [4.78, 5) is 15.5. The van der Waals surface area contributed by atoms with Gasteiger partial charge in [-0.05, 0) is 54.1 Å². The van der Waals surface area contributed by atoms with E-state index in [0.717, 1.165) is 22.2 Å². The van der Waals surface area contributed by atoms with Gasteiger partial charge in [-0.1, -0.05) is 0 Å². The van der Waals surface area contributed by atoms with E-state index in [0.29, 0.717) is 11.3 Å². The van der Waals surface area contributed by atoms with Gasteiger partial charge in [-0.15, -0.1) is 0 Å². The minimum atomic E-state index is -0.522. The second-order valence-electron chi connectivity index (χ2n) is 5.58. The van der Waals surface area contributed by atoms with Gasteiger partial charge in [-0.3, -0.25) is 9.78 Å². The molecule has 6 heteroatoms. The van der Waals surface area contributed by atoms with Crippen LogP contribution < -0.4 is 5.73 Å². The summed E-state index contributed by atoms with van der Waals surface area (Å²) in [6.45, 7) is 0. The van der Waals surface area contributed by atoms with Crippen LogP contribution in [0.15, 0.2) is 67.1 Å². The fourth-order valence-corrected chi connectivity index (χ4v) is 2.81. The summed E-state index contributed by atoms with van der Waals surface area (Å²) in [6, 6.07) is 13.4. The number of hydrogen-bond acceptors (Lipinski definition) is 3. The van der Waals surface area contributed by atoms with Crippen LogP contribution in [0.2, 0.25) is 0 Å². The van der Waals surface area contributed by atoms with Gasteiger partial charge in [-0.25, -0.2) is 8.91 Å². The molecule has 1 amide bonds. The molecule has 0 aliphatic carbocycles. The number of benzene rings is 1. The van der Waals surface area contributed by atoms with E-state index in [4.69, 9.17) is 5.73 Å². The first kappa shape index (κ1) is 15.0. The molecule has 4 rings (SSSR count). The molecule has 0 spiro atoms. The SMILES string of the molecule is NC(=O)c1ccc2c(-c3ccncc3)c(-c3ccc(F)cc3)nn2c1. The Labute approximate surface area is 142 Å². The van der Waals surface area contributed by atoms with Gasteiger partial charge < -0.3 is 5.73 Å². The van der Waals surface area contributed by atoms with E-state index < -0.39 is 5.91 Å². The van der Waals surface area contributed by atoms with Gasteiger partial charge >= 0.3 is 0 Å². The molecule has 0 saturated heterocycles.